The highest BCUT2D eigenvalue weighted by molar-refractivity contribution is 5.26. The molecule has 1 saturated heterocycles. The number of fused-ring (bicyclic) bond motifs is 5. The van der Waals surface area contributed by atoms with Crippen LogP contribution in [0.5, 0.6) is 0 Å². The zero-order valence-corrected chi connectivity index (χ0v) is 23.1. The Morgan fingerprint density at radius 1 is 1.14 bits per heavy atom. The molecule has 9 atom stereocenters. The standard InChI is InChI=1S/C32H52O3/c1-22(9-5-6-10-23(2)33)27-14-15-28-26-13-12-24-21-25(35-30-11-7-8-20-34-30)16-18-31(24,3)29(26)17-19-32(27,28)4/h9,12,23,25-30,33H,5-8,10-11,13-21H2,1-4H3/b22-9+/t23?,25-,26-,27+,28-,29-,30?,31-,32+/m0/s1. The third kappa shape index (κ3) is 5.08. The van der Waals surface area contributed by atoms with E-state index in [0.717, 1.165) is 62.4 Å². The molecule has 5 aliphatic rings. The highest BCUT2D eigenvalue weighted by atomic mass is 16.7. The van der Waals surface area contributed by atoms with Gasteiger partial charge in [-0.25, -0.2) is 0 Å². The summed E-state index contributed by atoms with van der Waals surface area (Å²) in [5, 5.41) is 9.59. The van der Waals surface area contributed by atoms with Crippen LogP contribution in [0.2, 0.25) is 0 Å². The van der Waals surface area contributed by atoms with Gasteiger partial charge in [0.1, 0.15) is 0 Å². The van der Waals surface area contributed by atoms with Crippen LogP contribution < -0.4 is 0 Å². The number of hydrogen-bond acceptors (Lipinski definition) is 3. The van der Waals surface area contributed by atoms with Gasteiger partial charge in [-0.1, -0.05) is 37.1 Å². The summed E-state index contributed by atoms with van der Waals surface area (Å²) < 4.78 is 12.4. The first-order chi connectivity index (χ1) is 16.8. The van der Waals surface area contributed by atoms with Crippen molar-refractivity contribution in [1.29, 1.82) is 0 Å². The predicted octanol–water partition coefficient (Wildman–Crippen LogP) is 7.97. The fourth-order valence-electron chi connectivity index (χ4n) is 9.41. The molecule has 35 heavy (non-hydrogen) atoms. The lowest BCUT2D eigenvalue weighted by atomic mass is 9.47. The Bertz CT molecular complexity index is 793. The van der Waals surface area contributed by atoms with Gasteiger partial charge in [-0.05, 0) is 138 Å². The largest absolute Gasteiger partial charge is 0.393 e. The third-order valence-electron chi connectivity index (χ3n) is 11.4. The van der Waals surface area contributed by atoms with Crippen LogP contribution in [0.3, 0.4) is 0 Å². The van der Waals surface area contributed by atoms with Gasteiger partial charge in [0.2, 0.25) is 0 Å². The smallest absolute Gasteiger partial charge is 0.157 e. The maximum Gasteiger partial charge on any atom is 0.157 e. The van der Waals surface area contributed by atoms with Gasteiger partial charge in [-0.2, -0.15) is 0 Å². The van der Waals surface area contributed by atoms with E-state index in [9.17, 15) is 5.11 Å². The molecule has 198 valence electrons. The van der Waals surface area contributed by atoms with E-state index < -0.39 is 0 Å². The van der Waals surface area contributed by atoms with Crippen LogP contribution in [-0.4, -0.2) is 30.2 Å². The molecule has 3 saturated carbocycles. The summed E-state index contributed by atoms with van der Waals surface area (Å²) in [7, 11) is 0. The van der Waals surface area contributed by atoms with Crippen molar-refractivity contribution in [2.75, 3.05) is 6.61 Å². The highest BCUT2D eigenvalue weighted by Gasteiger charge is 2.58. The van der Waals surface area contributed by atoms with Crippen molar-refractivity contribution in [2.24, 2.45) is 34.5 Å². The maximum absolute atomic E-state index is 9.59. The summed E-state index contributed by atoms with van der Waals surface area (Å²) in [6.45, 7) is 10.5. The third-order valence-corrected chi connectivity index (χ3v) is 11.4. The Hall–Kier alpha value is -0.640. The predicted molar refractivity (Wildman–Crippen MR) is 143 cm³/mol. The molecule has 1 aliphatic heterocycles. The molecule has 0 aromatic rings. The van der Waals surface area contributed by atoms with Gasteiger partial charge in [0.25, 0.3) is 0 Å². The molecule has 0 bridgehead atoms. The number of rotatable bonds is 7. The first-order valence-corrected chi connectivity index (χ1v) is 15.1. The molecular formula is C32H52O3. The average Bonchev–Trinajstić information content (AvgIpc) is 3.20. The SMILES string of the molecule is C/C(=C\CCCC(C)O)[C@H]1CC[C@H]2[C@@H]3CC=C4C[C@@H](OC5CCCCO5)CC[C@]4(C)[C@H]3CC[C@]12C. The van der Waals surface area contributed by atoms with E-state index in [2.05, 4.69) is 32.9 Å². The fourth-order valence-corrected chi connectivity index (χ4v) is 9.41. The number of allylic oxidation sites excluding steroid dienone is 3. The number of ether oxygens (including phenoxy) is 2. The molecule has 2 unspecified atom stereocenters. The van der Waals surface area contributed by atoms with E-state index in [1.54, 1.807) is 11.1 Å². The second kappa shape index (κ2) is 10.6. The van der Waals surface area contributed by atoms with Gasteiger partial charge in [0, 0.05) is 6.61 Å². The van der Waals surface area contributed by atoms with Crippen LogP contribution in [0.25, 0.3) is 0 Å². The van der Waals surface area contributed by atoms with E-state index >= 15 is 0 Å². The van der Waals surface area contributed by atoms with Gasteiger partial charge in [0.05, 0.1) is 12.2 Å². The zero-order chi connectivity index (χ0) is 24.6. The molecule has 1 heterocycles. The van der Waals surface area contributed by atoms with Gasteiger partial charge in [-0.3, -0.25) is 0 Å². The highest BCUT2D eigenvalue weighted by Crippen LogP contribution is 2.67. The van der Waals surface area contributed by atoms with Crippen molar-refractivity contribution < 1.29 is 14.6 Å². The Morgan fingerprint density at radius 3 is 2.77 bits per heavy atom. The quantitative estimate of drug-likeness (QED) is 0.294. The molecule has 1 N–H and O–H groups in total. The molecule has 4 aliphatic carbocycles. The normalized spacial score (nSPS) is 44.7. The summed E-state index contributed by atoms with van der Waals surface area (Å²) in [5.74, 6) is 3.38. The second-order valence-corrected chi connectivity index (χ2v) is 13.5. The maximum atomic E-state index is 9.59. The Labute approximate surface area is 215 Å². The van der Waals surface area contributed by atoms with E-state index in [1.807, 2.05) is 6.92 Å². The van der Waals surface area contributed by atoms with Crippen LogP contribution in [-0.2, 0) is 9.47 Å². The number of aliphatic hydroxyl groups is 1. The van der Waals surface area contributed by atoms with E-state index in [1.165, 1.54) is 57.8 Å². The van der Waals surface area contributed by atoms with Crippen LogP contribution in [0, 0.1) is 34.5 Å². The van der Waals surface area contributed by atoms with Gasteiger partial charge in [-0.15, -0.1) is 0 Å². The summed E-state index contributed by atoms with van der Waals surface area (Å²) in [4.78, 5) is 0. The van der Waals surface area contributed by atoms with Crippen LogP contribution in [0.15, 0.2) is 23.3 Å². The van der Waals surface area contributed by atoms with Crippen LogP contribution in [0.1, 0.15) is 118 Å². The lowest BCUT2D eigenvalue weighted by molar-refractivity contribution is -0.195. The minimum absolute atomic E-state index is 0.0455. The topological polar surface area (TPSA) is 38.7 Å². The Balaban J connectivity index is 1.25. The van der Waals surface area contributed by atoms with Crippen molar-refractivity contribution in [2.45, 2.75) is 136 Å². The molecule has 0 radical (unpaired) electrons. The first-order valence-electron chi connectivity index (χ1n) is 15.1. The van der Waals surface area contributed by atoms with Gasteiger partial charge < -0.3 is 14.6 Å². The average molecular weight is 485 g/mol. The second-order valence-electron chi connectivity index (χ2n) is 13.5. The molecule has 4 fully saturated rings. The molecule has 5 rings (SSSR count). The van der Waals surface area contributed by atoms with Crippen molar-refractivity contribution in [3.05, 3.63) is 23.3 Å². The minimum atomic E-state index is -0.166. The molecular weight excluding hydrogens is 432 g/mol. The summed E-state index contributed by atoms with van der Waals surface area (Å²) in [6.07, 6.45) is 22.7. The first kappa shape index (κ1) is 26.0. The zero-order valence-electron chi connectivity index (χ0n) is 23.1. The summed E-state index contributed by atoms with van der Waals surface area (Å²) in [5.41, 5.74) is 4.23. The number of aliphatic hydroxyl groups excluding tert-OH is 1. The summed E-state index contributed by atoms with van der Waals surface area (Å²) >= 11 is 0. The molecule has 3 nitrogen and oxygen atoms in total. The Morgan fingerprint density at radius 2 is 2.00 bits per heavy atom. The van der Waals surface area contributed by atoms with Crippen molar-refractivity contribution in [3.63, 3.8) is 0 Å². The molecule has 0 amide bonds. The lowest BCUT2D eigenvalue weighted by Crippen LogP contribution is -2.50. The van der Waals surface area contributed by atoms with Crippen molar-refractivity contribution >= 4 is 0 Å². The van der Waals surface area contributed by atoms with Gasteiger partial charge >= 0.3 is 0 Å². The molecule has 0 aromatic heterocycles. The number of hydrogen-bond donors (Lipinski definition) is 1. The Kier molecular flexibility index (Phi) is 7.88. The van der Waals surface area contributed by atoms with E-state index in [-0.39, 0.29) is 12.4 Å². The van der Waals surface area contributed by atoms with Crippen molar-refractivity contribution in [1.82, 2.24) is 0 Å². The van der Waals surface area contributed by atoms with Crippen LogP contribution in [0.4, 0.5) is 0 Å². The molecule has 0 spiro atoms. The van der Waals surface area contributed by atoms with Crippen LogP contribution >= 0.6 is 0 Å². The van der Waals surface area contributed by atoms with E-state index in [4.69, 9.17) is 9.47 Å². The lowest BCUT2D eigenvalue weighted by Gasteiger charge is -2.58. The number of unbranched alkanes of at least 4 members (excludes halogenated alkanes) is 1. The summed E-state index contributed by atoms with van der Waals surface area (Å²) in [6, 6.07) is 0. The molecule has 3 heteroatoms. The monoisotopic (exact) mass is 484 g/mol. The molecule has 0 aromatic carbocycles. The van der Waals surface area contributed by atoms with Crippen molar-refractivity contribution in [3.8, 4) is 0 Å². The fraction of sp³-hybridized carbons (Fsp3) is 0.875. The van der Waals surface area contributed by atoms with E-state index in [0.29, 0.717) is 16.9 Å². The van der Waals surface area contributed by atoms with Gasteiger partial charge in [0.15, 0.2) is 6.29 Å². The minimum Gasteiger partial charge on any atom is -0.393 e.